The Morgan fingerprint density at radius 2 is 1.30 bits per heavy atom. The van der Waals surface area contributed by atoms with Gasteiger partial charge in [-0.15, -0.1) is 0 Å². The Labute approximate surface area is 235 Å². The van der Waals surface area contributed by atoms with Gasteiger partial charge in [0.1, 0.15) is 16.9 Å². The molecule has 0 spiro atoms. The standard InChI is InChI=1S/C37H35N2O/c1-22(2)26-14-11-15-27(23(3)4)34(26)39-33-17-10-9-16-32(33)38(6)37(39)28-20-21-30-31-19-18-25-12-7-8-13-29(25)36(31)40-35(30)24(28)5/h7-23H,1-6H3/q+1. The average Bonchev–Trinajstić information content (AvgIpc) is 3.49. The molecule has 5 aromatic carbocycles. The summed E-state index contributed by atoms with van der Waals surface area (Å²) in [6.45, 7) is 11.4. The number of benzene rings is 5. The molecular formula is C37H35N2O+. The van der Waals surface area contributed by atoms with Crippen molar-refractivity contribution in [1.82, 2.24) is 4.57 Å². The number of fused-ring (bicyclic) bond motifs is 6. The first kappa shape index (κ1) is 24.7. The molecule has 3 heteroatoms. The van der Waals surface area contributed by atoms with E-state index in [1.54, 1.807) is 0 Å². The number of imidazole rings is 1. The Morgan fingerprint density at radius 1 is 0.650 bits per heavy atom. The van der Waals surface area contributed by atoms with E-state index in [0.717, 1.165) is 27.5 Å². The third kappa shape index (κ3) is 3.47. The fourth-order valence-corrected chi connectivity index (χ4v) is 6.56. The molecule has 2 heterocycles. The fraction of sp³-hybridized carbons (Fsp3) is 0.216. The molecular weight excluding hydrogens is 488 g/mol. The molecule has 7 rings (SSSR count). The second-order valence-corrected chi connectivity index (χ2v) is 11.7. The average molecular weight is 524 g/mol. The molecule has 0 saturated carbocycles. The molecule has 0 N–H and O–H groups in total. The van der Waals surface area contributed by atoms with Crippen molar-refractivity contribution in [2.45, 2.75) is 46.5 Å². The summed E-state index contributed by atoms with van der Waals surface area (Å²) in [5.41, 5.74) is 10.7. The lowest BCUT2D eigenvalue weighted by molar-refractivity contribution is -0.633. The Morgan fingerprint density at radius 3 is 2.05 bits per heavy atom. The van der Waals surface area contributed by atoms with E-state index < -0.39 is 0 Å². The summed E-state index contributed by atoms with van der Waals surface area (Å²) in [6.07, 6.45) is 0. The van der Waals surface area contributed by atoms with Crippen molar-refractivity contribution in [2.75, 3.05) is 0 Å². The predicted molar refractivity (Wildman–Crippen MR) is 168 cm³/mol. The van der Waals surface area contributed by atoms with E-state index in [0.29, 0.717) is 11.8 Å². The summed E-state index contributed by atoms with van der Waals surface area (Å²) >= 11 is 0. The first-order valence-electron chi connectivity index (χ1n) is 14.3. The smallest absolute Gasteiger partial charge is 0.295 e. The van der Waals surface area contributed by atoms with E-state index in [-0.39, 0.29) is 0 Å². The number of para-hydroxylation sites is 3. The summed E-state index contributed by atoms with van der Waals surface area (Å²) in [7, 11) is 2.19. The van der Waals surface area contributed by atoms with Crippen LogP contribution in [-0.2, 0) is 7.05 Å². The number of aryl methyl sites for hydroxylation is 2. The van der Waals surface area contributed by atoms with Crippen LogP contribution in [0.1, 0.15) is 56.2 Å². The van der Waals surface area contributed by atoms with E-state index in [9.17, 15) is 0 Å². The van der Waals surface area contributed by atoms with Crippen LogP contribution < -0.4 is 4.57 Å². The van der Waals surface area contributed by atoms with E-state index in [1.807, 2.05) is 0 Å². The maximum absolute atomic E-state index is 6.72. The molecule has 7 aromatic rings. The van der Waals surface area contributed by atoms with Gasteiger partial charge in [-0.05, 0) is 54.5 Å². The second kappa shape index (κ2) is 9.09. The summed E-state index contributed by atoms with van der Waals surface area (Å²) < 4.78 is 11.6. The van der Waals surface area contributed by atoms with Crippen LogP contribution in [0.25, 0.3) is 60.8 Å². The first-order valence-corrected chi connectivity index (χ1v) is 14.3. The van der Waals surface area contributed by atoms with Crippen LogP contribution in [0.4, 0.5) is 0 Å². The Kier molecular flexibility index (Phi) is 5.60. The van der Waals surface area contributed by atoms with Crippen molar-refractivity contribution in [2.24, 2.45) is 7.05 Å². The highest BCUT2D eigenvalue weighted by Gasteiger charge is 2.32. The van der Waals surface area contributed by atoms with Gasteiger partial charge >= 0.3 is 0 Å². The minimum Gasteiger partial charge on any atom is -0.455 e. The normalized spacial score (nSPS) is 12.2. The molecule has 0 aliphatic carbocycles. The highest BCUT2D eigenvalue weighted by molar-refractivity contribution is 6.16. The second-order valence-electron chi connectivity index (χ2n) is 11.7. The van der Waals surface area contributed by atoms with Crippen LogP contribution in [0.5, 0.6) is 0 Å². The van der Waals surface area contributed by atoms with Crippen LogP contribution in [0.3, 0.4) is 0 Å². The minimum absolute atomic E-state index is 0.389. The molecule has 0 atom stereocenters. The topological polar surface area (TPSA) is 21.9 Å². The number of hydrogen-bond acceptors (Lipinski definition) is 1. The first-order chi connectivity index (χ1) is 19.4. The lowest BCUT2D eigenvalue weighted by atomic mass is 9.92. The van der Waals surface area contributed by atoms with Gasteiger partial charge in [-0.25, -0.2) is 4.57 Å². The maximum atomic E-state index is 6.72. The molecule has 0 aliphatic rings. The van der Waals surface area contributed by atoms with E-state index in [1.165, 1.54) is 50.0 Å². The fourth-order valence-electron chi connectivity index (χ4n) is 6.56. The Balaban J connectivity index is 1.60. The number of furan rings is 1. The van der Waals surface area contributed by atoms with Gasteiger partial charge in [-0.3, -0.25) is 0 Å². The Bertz CT molecular complexity index is 2060. The molecule has 198 valence electrons. The molecule has 0 fully saturated rings. The largest absolute Gasteiger partial charge is 0.455 e. The van der Waals surface area contributed by atoms with E-state index >= 15 is 0 Å². The lowest BCUT2D eigenvalue weighted by Gasteiger charge is -2.18. The van der Waals surface area contributed by atoms with E-state index in [4.69, 9.17) is 4.42 Å². The molecule has 40 heavy (non-hydrogen) atoms. The molecule has 0 unspecified atom stereocenters. The monoisotopic (exact) mass is 523 g/mol. The number of aromatic nitrogens is 2. The number of hydrogen-bond donors (Lipinski definition) is 0. The summed E-state index contributed by atoms with van der Waals surface area (Å²) in [6, 6.07) is 33.0. The van der Waals surface area contributed by atoms with Crippen LogP contribution in [-0.4, -0.2) is 4.57 Å². The zero-order chi connectivity index (χ0) is 27.7. The zero-order valence-corrected chi connectivity index (χ0v) is 24.1. The predicted octanol–water partition coefficient (Wildman–Crippen LogP) is 9.73. The molecule has 0 amide bonds. The van der Waals surface area contributed by atoms with E-state index in [2.05, 4.69) is 142 Å². The van der Waals surface area contributed by atoms with Crippen molar-refractivity contribution in [1.29, 1.82) is 0 Å². The lowest BCUT2D eigenvalue weighted by Crippen LogP contribution is -2.30. The van der Waals surface area contributed by atoms with Crippen LogP contribution in [0.2, 0.25) is 0 Å². The number of rotatable bonds is 4. The molecule has 0 radical (unpaired) electrons. The Hall–Kier alpha value is -4.37. The van der Waals surface area contributed by atoms with Gasteiger partial charge in [0.15, 0.2) is 11.0 Å². The van der Waals surface area contributed by atoms with Crippen LogP contribution in [0.15, 0.2) is 95.4 Å². The van der Waals surface area contributed by atoms with Crippen molar-refractivity contribution >= 4 is 43.7 Å². The summed E-state index contributed by atoms with van der Waals surface area (Å²) in [5, 5.41) is 4.69. The SMILES string of the molecule is Cc1c(-c2n(-c3c(C(C)C)cccc3C(C)C)c3ccccc3[n+]2C)ccc2c1oc1c3ccccc3ccc21. The van der Waals surface area contributed by atoms with Gasteiger partial charge in [0.2, 0.25) is 0 Å². The molecule has 0 bridgehead atoms. The minimum atomic E-state index is 0.389. The number of nitrogens with zero attached hydrogens (tertiary/aromatic N) is 2. The van der Waals surface area contributed by atoms with Crippen LogP contribution >= 0.6 is 0 Å². The van der Waals surface area contributed by atoms with Gasteiger partial charge in [0.05, 0.1) is 12.6 Å². The zero-order valence-electron chi connectivity index (χ0n) is 24.1. The third-order valence-electron chi connectivity index (χ3n) is 8.60. The molecule has 2 aromatic heterocycles. The van der Waals surface area contributed by atoms with Crippen molar-refractivity contribution in [3.8, 4) is 17.1 Å². The molecule has 3 nitrogen and oxygen atoms in total. The van der Waals surface area contributed by atoms with Crippen molar-refractivity contribution in [3.63, 3.8) is 0 Å². The van der Waals surface area contributed by atoms with Gasteiger partial charge in [0.25, 0.3) is 5.82 Å². The highest BCUT2D eigenvalue weighted by atomic mass is 16.3. The summed E-state index contributed by atoms with van der Waals surface area (Å²) in [5.74, 6) is 1.95. The quantitative estimate of drug-likeness (QED) is 0.210. The van der Waals surface area contributed by atoms with Crippen molar-refractivity contribution in [3.05, 3.63) is 108 Å². The van der Waals surface area contributed by atoms with Gasteiger partial charge < -0.3 is 4.42 Å². The van der Waals surface area contributed by atoms with Crippen LogP contribution in [0, 0.1) is 6.92 Å². The summed E-state index contributed by atoms with van der Waals surface area (Å²) in [4.78, 5) is 0. The van der Waals surface area contributed by atoms with Gasteiger partial charge in [-0.2, -0.15) is 4.57 Å². The molecule has 0 saturated heterocycles. The molecule has 0 aliphatic heterocycles. The maximum Gasteiger partial charge on any atom is 0.295 e. The van der Waals surface area contributed by atoms with Gasteiger partial charge in [0, 0.05) is 32.8 Å². The third-order valence-corrected chi connectivity index (χ3v) is 8.60. The van der Waals surface area contributed by atoms with Gasteiger partial charge in [-0.1, -0.05) is 88.4 Å². The highest BCUT2D eigenvalue weighted by Crippen LogP contribution is 2.41. The van der Waals surface area contributed by atoms with Crippen molar-refractivity contribution < 1.29 is 8.98 Å².